The average molecular weight is 541 g/mol. The minimum atomic E-state index is -2.73. The molecule has 2 aliphatic carbocycles. The third kappa shape index (κ3) is 6.39. The van der Waals surface area contributed by atoms with Crippen molar-refractivity contribution in [2.75, 3.05) is 0 Å². The molecule has 1 unspecified atom stereocenters. The molecule has 0 saturated carbocycles. The van der Waals surface area contributed by atoms with Crippen LogP contribution in [0.25, 0.3) is 0 Å². The van der Waals surface area contributed by atoms with Gasteiger partial charge in [0.1, 0.15) is 0 Å². The molecule has 0 nitrogen and oxygen atoms in total. The Morgan fingerprint density at radius 2 is 1.14 bits per heavy atom. The summed E-state index contributed by atoms with van der Waals surface area (Å²) in [5, 5.41) is 0. The zero-order valence-corrected chi connectivity index (χ0v) is 25.7. The van der Waals surface area contributed by atoms with E-state index in [4.69, 9.17) is 0 Å². The van der Waals surface area contributed by atoms with Crippen molar-refractivity contribution in [3.05, 3.63) is 129 Å². The van der Waals surface area contributed by atoms with Gasteiger partial charge in [-0.15, -0.1) is 0 Å². The van der Waals surface area contributed by atoms with Crippen LogP contribution in [0.3, 0.4) is 0 Å². The van der Waals surface area contributed by atoms with Gasteiger partial charge in [-0.3, -0.25) is 0 Å². The fraction of sp³-hybridized carbons (Fsp3) is 0.371. The summed E-state index contributed by atoms with van der Waals surface area (Å²) in [7, 11) is -1.26. The van der Waals surface area contributed by atoms with E-state index in [0.717, 1.165) is 0 Å². The van der Waals surface area contributed by atoms with E-state index in [1.807, 2.05) is 9.45 Å². The van der Waals surface area contributed by atoms with Gasteiger partial charge in [-0.2, -0.15) is 0 Å². The summed E-state index contributed by atoms with van der Waals surface area (Å²) in [6.45, 7) is 7.74. The standard InChI is InChI=1S/C14H23Si.3C7H7.Ti/c1-4-15(2,3)11-13-10-9-12-7-5-6-8-14(12)13;3*1-7-5-3-2-4-6-7;/h9,13H,4-8,11H2,1-3H3;3*2-6H,1H2;. The summed E-state index contributed by atoms with van der Waals surface area (Å²) in [4.78, 5) is 0. The van der Waals surface area contributed by atoms with Crippen LogP contribution in [-0.2, 0) is 30.8 Å². The Bertz CT molecular complexity index is 1120. The van der Waals surface area contributed by atoms with Crippen molar-refractivity contribution in [2.24, 2.45) is 5.92 Å². The van der Waals surface area contributed by atoms with E-state index in [-0.39, 0.29) is 0 Å². The van der Waals surface area contributed by atoms with Crippen LogP contribution in [0.4, 0.5) is 0 Å². The Labute approximate surface area is 230 Å². The average Bonchev–Trinajstić information content (AvgIpc) is 3.29. The molecule has 2 heteroatoms. The van der Waals surface area contributed by atoms with Crippen LogP contribution in [0, 0.1) is 5.92 Å². The zero-order chi connectivity index (χ0) is 25.7. The molecule has 0 amide bonds. The third-order valence-electron chi connectivity index (χ3n) is 9.16. The topological polar surface area (TPSA) is 0 Å². The normalized spacial score (nSPS) is 18.0. The van der Waals surface area contributed by atoms with Gasteiger partial charge in [-0.05, 0) is 0 Å². The molecule has 0 heterocycles. The summed E-state index contributed by atoms with van der Waals surface area (Å²) in [6, 6.07) is 37.3. The van der Waals surface area contributed by atoms with Crippen LogP contribution in [0.5, 0.6) is 0 Å². The first-order valence-corrected chi connectivity index (χ1v) is 22.0. The van der Waals surface area contributed by atoms with Crippen molar-refractivity contribution in [3.63, 3.8) is 0 Å². The van der Waals surface area contributed by atoms with E-state index in [9.17, 15) is 0 Å². The second-order valence-electron chi connectivity index (χ2n) is 12.4. The molecular weight excluding hydrogens is 496 g/mol. The van der Waals surface area contributed by atoms with Gasteiger partial charge in [-0.25, -0.2) is 0 Å². The fourth-order valence-corrected chi connectivity index (χ4v) is 17.7. The van der Waals surface area contributed by atoms with E-state index in [1.54, 1.807) is 22.3 Å². The number of allylic oxidation sites excluding steroid dienone is 4. The fourth-order valence-electron chi connectivity index (χ4n) is 6.90. The van der Waals surface area contributed by atoms with Crippen LogP contribution in [0.15, 0.2) is 112 Å². The Hall–Kier alpha value is -1.93. The molecule has 0 fully saturated rings. The molecule has 3 aromatic rings. The quantitative estimate of drug-likeness (QED) is 0.225. The molecule has 5 rings (SSSR count). The Balaban J connectivity index is 1.67. The van der Waals surface area contributed by atoms with E-state index >= 15 is 0 Å². The van der Waals surface area contributed by atoms with Gasteiger partial charge < -0.3 is 0 Å². The molecule has 1 atom stereocenters. The van der Waals surface area contributed by atoms with Crippen molar-refractivity contribution in [1.82, 2.24) is 0 Å². The molecule has 0 N–H and O–H groups in total. The molecule has 0 saturated heterocycles. The van der Waals surface area contributed by atoms with Crippen LogP contribution < -0.4 is 0 Å². The number of hydrogen-bond acceptors (Lipinski definition) is 0. The first kappa shape index (κ1) is 26.7. The SMILES string of the molecule is CC[Si](C)(C)CC1[C]([Ti]([CH2]c2ccccc2)([CH2]c2ccccc2)[CH2]c2ccccc2)=CC2=C1CCCC2. The summed E-state index contributed by atoms with van der Waals surface area (Å²) in [6.07, 6.45) is 8.23. The second-order valence-corrected chi connectivity index (χ2v) is 24.4. The van der Waals surface area contributed by atoms with Crippen LogP contribution in [0.1, 0.15) is 49.3 Å². The van der Waals surface area contributed by atoms with Crippen LogP contribution in [-0.4, -0.2) is 8.07 Å². The van der Waals surface area contributed by atoms with Gasteiger partial charge in [0.25, 0.3) is 0 Å². The third-order valence-corrected chi connectivity index (χ3v) is 20.4. The Morgan fingerprint density at radius 1 is 0.676 bits per heavy atom. The van der Waals surface area contributed by atoms with E-state index in [0.29, 0.717) is 5.92 Å². The summed E-state index contributed by atoms with van der Waals surface area (Å²) >= 11 is -2.73. The summed E-state index contributed by atoms with van der Waals surface area (Å²) in [5.74, 6) is 0.716. The molecule has 37 heavy (non-hydrogen) atoms. The maximum atomic E-state index is 2.81. The van der Waals surface area contributed by atoms with Crippen molar-refractivity contribution in [2.45, 2.75) is 72.0 Å². The van der Waals surface area contributed by atoms with Gasteiger partial charge in [0.05, 0.1) is 0 Å². The van der Waals surface area contributed by atoms with Crippen LogP contribution >= 0.6 is 0 Å². The zero-order valence-electron chi connectivity index (χ0n) is 23.2. The summed E-state index contributed by atoms with van der Waals surface area (Å²) in [5.41, 5.74) is 8.25. The van der Waals surface area contributed by atoms with E-state index in [1.165, 1.54) is 51.9 Å². The second kappa shape index (κ2) is 11.9. The van der Waals surface area contributed by atoms with E-state index < -0.39 is 24.7 Å². The van der Waals surface area contributed by atoms with Gasteiger partial charge in [-0.1, -0.05) is 0 Å². The van der Waals surface area contributed by atoms with Crippen molar-refractivity contribution >= 4 is 8.07 Å². The molecular formula is C35H44SiTi. The minimum absolute atomic E-state index is 0.716. The monoisotopic (exact) mass is 540 g/mol. The molecule has 0 spiro atoms. The predicted molar refractivity (Wildman–Crippen MR) is 160 cm³/mol. The number of benzene rings is 3. The molecule has 0 aromatic heterocycles. The van der Waals surface area contributed by atoms with Crippen LogP contribution in [0.2, 0.25) is 25.2 Å². The molecule has 2 aliphatic rings. The number of hydrogen-bond donors (Lipinski definition) is 0. The van der Waals surface area contributed by atoms with Crippen molar-refractivity contribution in [1.29, 1.82) is 0 Å². The molecule has 0 bridgehead atoms. The van der Waals surface area contributed by atoms with E-state index in [2.05, 4.69) is 117 Å². The van der Waals surface area contributed by atoms with Crippen molar-refractivity contribution in [3.8, 4) is 0 Å². The molecule has 3 aromatic carbocycles. The van der Waals surface area contributed by atoms with Gasteiger partial charge in [0.2, 0.25) is 0 Å². The molecule has 192 valence electrons. The first-order chi connectivity index (χ1) is 18.0. The maximum absolute atomic E-state index is 2.81. The predicted octanol–water partition coefficient (Wildman–Crippen LogP) is 9.85. The Kier molecular flexibility index (Phi) is 8.54. The summed E-state index contributed by atoms with van der Waals surface area (Å²) < 4.78 is 5.78. The van der Waals surface area contributed by atoms with Gasteiger partial charge >= 0.3 is 231 Å². The molecule has 0 aliphatic heterocycles. The number of rotatable bonds is 10. The van der Waals surface area contributed by atoms with Gasteiger partial charge in [0.15, 0.2) is 0 Å². The molecule has 0 radical (unpaired) electrons. The van der Waals surface area contributed by atoms with Gasteiger partial charge in [0, 0.05) is 0 Å². The van der Waals surface area contributed by atoms with Crippen molar-refractivity contribution < 1.29 is 16.6 Å². The first-order valence-electron chi connectivity index (χ1n) is 14.5. The Morgan fingerprint density at radius 3 is 1.59 bits per heavy atom.